The minimum Gasteiger partial charge on any atom is -0.494 e. The van der Waals surface area contributed by atoms with Crippen LogP contribution in [0.25, 0.3) is 0 Å². The Morgan fingerprint density at radius 3 is 1.69 bits per heavy atom. The van der Waals surface area contributed by atoms with Crippen molar-refractivity contribution < 1.29 is 4.74 Å². The average Bonchev–Trinajstić information content (AvgIpc) is 2.84. The van der Waals surface area contributed by atoms with Gasteiger partial charge in [-0.3, -0.25) is 5.41 Å². The number of ether oxygens (including phenoxy) is 1. The first-order valence-electron chi connectivity index (χ1n) is 12.6. The number of benzene rings is 2. The van der Waals surface area contributed by atoms with Crippen LogP contribution in [0.4, 0.5) is 0 Å². The number of hydrazine groups is 1. The van der Waals surface area contributed by atoms with Crippen molar-refractivity contribution in [2.75, 3.05) is 6.61 Å². The van der Waals surface area contributed by atoms with Crippen LogP contribution in [0.15, 0.2) is 54.6 Å². The molecule has 4 nitrogen and oxygen atoms in total. The maximum Gasteiger partial charge on any atom is 0.139 e. The summed E-state index contributed by atoms with van der Waals surface area (Å²) in [6.45, 7) is 0.761. The highest BCUT2D eigenvalue weighted by atomic mass is 16.5. The lowest BCUT2D eigenvalue weighted by Gasteiger charge is -2.08. The van der Waals surface area contributed by atoms with Crippen LogP contribution < -0.4 is 16.0 Å². The molecular formula is C28H43N3O. The van der Waals surface area contributed by atoms with E-state index in [1.807, 2.05) is 24.3 Å². The summed E-state index contributed by atoms with van der Waals surface area (Å²) in [5.74, 6) is 6.32. The number of unbranched alkanes of at least 4 members (excludes halogenated alkanes) is 12. The van der Waals surface area contributed by atoms with Gasteiger partial charge >= 0.3 is 0 Å². The summed E-state index contributed by atoms with van der Waals surface area (Å²) in [6, 6.07) is 18.4. The van der Waals surface area contributed by atoms with E-state index in [1.54, 1.807) is 0 Å². The number of hydrogen-bond donors (Lipinski definition) is 3. The lowest BCUT2D eigenvalue weighted by molar-refractivity contribution is 0.304. The molecular weight excluding hydrogens is 394 g/mol. The van der Waals surface area contributed by atoms with Crippen molar-refractivity contribution in [1.82, 2.24) is 5.43 Å². The third-order valence-corrected chi connectivity index (χ3v) is 6.01. The molecule has 4 N–H and O–H groups in total. The van der Waals surface area contributed by atoms with Gasteiger partial charge in [0.15, 0.2) is 0 Å². The standard InChI is InChI=1S/C28H43N3O/c29-28(31-30)26-20-22-27(23-21-26)32-24-16-11-9-7-5-3-1-2-4-6-8-10-13-17-25-18-14-12-15-19-25/h12,14-15,18-23H,1-11,13,16-17,24,30H2,(H2,29,31). The van der Waals surface area contributed by atoms with Crippen LogP contribution in [-0.2, 0) is 6.42 Å². The first-order chi connectivity index (χ1) is 15.8. The summed E-state index contributed by atoms with van der Waals surface area (Å²) >= 11 is 0. The molecule has 0 aliphatic carbocycles. The molecule has 0 spiro atoms. The Bertz CT molecular complexity index is 715. The molecule has 32 heavy (non-hydrogen) atoms. The summed E-state index contributed by atoms with van der Waals surface area (Å²) in [4.78, 5) is 0. The van der Waals surface area contributed by atoms with E-state index in [4.69, 9.17) is 16.0 Å². The number of nitrogens with two attached hydrogens (primary N) is 1. The lowest BCUT2D eigenvalue weighted by Crippen LogP contribution is -2.29. The van der Waals surface area contributed by atoms with Crippen molar-refractivity contribution in [1.29, 1.82) is 5.41 Å². The highest BCUT2D eigenvalue weighted by molar-refractivity contribution is 5.95. The molecule has 0 amide bonds. The molecule has 0 aliphatic rings. The molecule has 0 unspecified atom stereocenters. The number of rotatable bonds is 18. The van der Waals surface area contributed by atoms with Crippen molar-refractivity contribution >= 4 is 5.84 Å². The van der Waals surface area contributed by atoms with Crippen molar-refractivity contribution in [2.45, 2.75) is 89.9 Å². The van der Waals surface area contributed by atoms with Crippen LogP contribution in [0, 0.1) is 5.41 Å². The zero-order chi connectivity index (χ0) is 22.7. The summed E-state index contributed by atoms with van der Waals surface area (Å²) in [7, 11) is 0. The molecule has 2 aromatic rings. The monoisotopic (exact) mass is 437 g/mol. The molecule has 2 rings (SSSR count). The van der Waals surface area contributed by atoms with E-state index < -0.39 is 0 Å². The van der Waals surface area contributed by atoms with Crippen LogP contribution in [-0.4, -0.2) is 12.4 Å². The van der Waals surface area contributed by atoms with Gasteiger partial charge in [0.1, 0.15) is 11.6 Å². The van der Waals surface area contributed by atoms with E-state index in [-0.39, 0.29) is 5.84 Å². The van der Waals surface area contributed by atoms with Gasteiger partial charge in [-0.25, -0.2) is 5.84 Å². The van der Waals surface area contributed by atoms with E-state index in [2.05, 4.69) is 35.8 Å². The lowest BCUT2D eigenvalue weighted by atomic mass is 10.0. The zero-order valence-corrected chi connectivity index (χ0v) is 19.8. The van der Waals surface area contributed by atoms with Crippen LogP contribution in [0.5, 0.6) is 5.75 Å². The minimum absolute atomic E-state index is 0.214. The zero-order valence-electron chi connectivity index (χ0n) is 19.8. The van der Waals surface area contributed by atoms with E-state index in [9.17, 15) is 0 Å². The second-order valence-electron chi connectivity index (χ2n) is 8.72. The number of aryl methyl sites for hydroxylation is 1. The molecule has 4 heteroatoms. The highest BCUT2D eigenvalue weighted by Gasteiger charge is 2.00. The molecule has 0 aromatic heterocycles. The molecule has 0 radical (unpaired) electrons. The minimum atomic E-state index is 0.214. The van der Waals surface area contributed by atoms with E-state index in [1.165, 1.54) is 89.0 Å². The first-order valence-corrected chi connectivity index (χ1v) is 12.6. The van der Waals surface area contributed by atoms with Gasteiger partial charge in [-0.05, 0) is 49.1 Å². The second-order valence-corrected chi connectivity index (χ2v) is 8.72. The fourth-order valence-electron chi connectivity index (χ4n) is 4.01. The molecule has 2 aromatic carbocycles. The molecule has 0 fully saturated rings. The molecule has 0 heterocycles. The Labute approximate surface area is 195 Å². The Kier molecular flexibility index (Phi) is 14.0. The van der Waals surface area contributed by atoms with Gasteiger partial charge in [-0.15, -0.1) is 0 Å². The predicted octanol–water partition coefficient (Wildman–Crippen LogP) is 7.17. The highest BCUT2D eigenvalue weighted by Crippen LogP contribution is 2.15. The van der Waals surface area contributed by atoms with E-state index in [0.29, 0.717) is 0 Å². The van der Waals surface area contributed by atoms with Crippen molar-refractivity contribution in [2.24, 2.45) is 5.84 Å². The molecule has 0 aliphatic heterocycles. The van der Waals surface area contributed by atoms with Crippen LogP contribution in [0.3, 0.4) is 0 Å². The SMILES string of the molecule is N=C(NN)c1ccc(OCCCCCCCCCCCCCCCc2ccccc2)cc1. The smallest absolute Gasteiger partial charge is 0.139 e. The summed E-state index contributed by atoms with van der Waals surface area (Å²) in [5.41, 5.74) is 4.59. The van der Waals surface area contributed by atoms with Crippen LogP contribution >= 0.6 is 0 Å². The van der Waals surface area contributed by atoms with Crippen LogP contribution in [0.2, 0.25) is 0 Å². The van der Waals surface area contributed by atoms with E-state index in [0.717, 1.165) is 24.3 Å². The maximum absolute atomic E-state index is 7.62. The predicted molar refractivity (Wildman–Crippen MR) is 136 cm³/mol. The number of hydrogen-bond acceptors (Lipinski definition) is 3. The van der Waals surface area contributed by atoms with Gasteiger partial charge in [0.25, 0.3) is 0 Å². The number of amidine groups is 1. The van der Waals surface area contributed by atoms with E-state index >= 15 is 0 Å². The third-order valence-electron chi connectivity index (χ3n) is 6.01. The molecule has 176 valence electrons. The fraction of sp³-hybridized carbons (Fsp3) is 0.536. The first kappa shape index (κ1) is 25.9. The second kappa shape index (κ2) is 17.3. The quantitative estimate of drug-likeness (QED) is 0.0761. The maximum atomic E-state index is 7.62. The summed E-state index contributed by atoms with van der Waals surface area (Å²) in [5, 5.41) is 7.62. The third kappa shape index (κ3) is 11.9. The van der Waals surface area contributed by atoms with Crippen molar-refractivity contribution in [3.05, 3.63) is 65.7 Å². The summed E-state index contributed by atoms with van der Waals surface area (Å²) < 4.78 is 5.78. The Morgan fingerprint density at radius 1 is 0.656 bits per heavy atom. The van der Waals surface area contributed by atoms with Crippen molar-refractivity contribution in [3.8, 4) is 5.75 Å². The summed E-state index contributed by atoms with van der Waals surface area (Å²) in [6.07, 6.45) is 18.7. The fourth-order valence-corrected chi connectivity index (χ4v) is 4.01. The topological polar surface area (TPSA) is 71.1 Å². The molecule has 0 saturated carbocycles. The number of nitrogens with one attached hydrogen (secondary N) is 2. The van der Waals surface area contributed by atoms with Gasteiger partial charge in [-0.1, -0.05) is 101 Å². The molecule has 0 bridgehead atoms. The Morgan fingerprint density at radius 2 is 1.16 bits per heavy atom. The molecule has 0 atom stereocenters. The van der Waals surface area contributed by atoms with Gasteiger partial charge in [0.05, 0.1) is 6.61 Å². The largest absolute Gasteiger partial charge is 0.494 e. The van der Waals surface area contributed by atoms with Gasteiger partial charge in [0, 0.05) is 5.56 Å². The Balaban J connectivity index is 1.30. The van der Waals surface area contributed by atoms with Crippen molar-refractivity contribution in [3.63, 3.8) is 0 Å². The van der Waals surface area contributed by atoms with Crippen LogP contribution in [0.1, 0.15) is 94.6 Å². The van der Waals surface area contributed by atoms with Gasteiger partial charge in [-0.2, -0.15) is 0 Å². The Hall–Kier alpha value is -2.33. The molecule has 0 saturated heterocycles. The van der Waals surface area contributed by atoms with Gasteiger partial charge < -0.3 is 10.2 Å². The normalized spacial score (nSPS) is 10.8. The van der Waals surface area contributed by atoms with Gasteiger partial charge in [0.2, 0.25) is 0 Å². The average molecular weight is 438 g/mol.